The molecule has 7 nitrogen and oxygen atoms in total. The number of rotatable bonds is 3. The van der Waals surface area contributed by atoms with Crippen LogP contribution < -0.4 is 0 Å². The normalized spacial score (nSPS) is 20.2. The summed E-state index contributed by atoms with van der Waals surface area (Å²) in [5, 5.41) is 10.8. The highest BCUT2D eigenvalue weighted by molar-refractivity contribution is 7.91. The Morgan fingerprint density at radius 1 is 1.43 bits per heavy atom. The fourth-order valence-corrected chi connectivity index (χ4v) is 4.22. The van der Waals surface area contributed by atoms with Crippen LogP contribution in [0.25, 0.3) is 0 Å². The average Bonchev–Trinajstić information content (AvgIpc) is 2.76. The van der Waals surface area contributed by atoms with E-state index in [1.165, 1.54) is 23.1 Å². The molecule has 1 aromatic rings. The molecular weight excluding hydrogens is 296 g/mol. The quantitative estimate of drug-likeness (QED) is 0.616. The topological polar surface area (TPSA) is 97.6 Å². The molecule has 1 aliphatic rings. The first-order valence-electron chi connectivity index (χ1n) is 6.44. The van der Waals surface area contributed by atoms with E-state index in [4.69, 9.17) is 0 Å². The number of carbonyl (C=O) groups is 1. The molecule has 1 unspecified atom stereocenters. The number of sulfone groups is 1. The number of carbonyl (C=O) groups excluding carboxylic acids is 1. The Balaban J connectivity index is 2.20. The van der Waals surface area contributed by atoms with Gasteiger partial charge in [-0.1, -0.05) is 0 Å². The summed E-state index contributed by atoms with van der Waals surface area (Å²) in [5.74, 6) is -0.259. The number of nitro benzene ring substituents is 1. The van der Waals surface area contributed by atoms with Crippen LogP contribution in [0.1, 0.15) is 22.3 Å². The summed E-state index contributed by atoms with van der Waals surface area (Å²) in [5.41, 5.74) is 0.681. The van der Waals surface area contributed by atoms with E-state index in [0.29, 0.717) is 17.5 Å². The zero-order chi connectivity index (χ0) is 15.8. The summed E-state index contributed by atoms with van der Waals surface area (Å²) in [6, 6.07) is 3.81. The van der Waals surface area contributed by atoms with Crippen LogP contribution in [0.3, 0.4) is 0 Å². The molecule has 0 aromatic heterocycles. The Bertz CT molecular complexity index is 699. The predicted octanol–water partition coefficient (Wildman–Crippen LogP) is 1.16. The summed E-state index contributed by atoms with van der Waals surface area (Å²) in [7, 11) is -1.51. The van der Waals surface area contributed by atoms with Crippen LogP contribution in [0.5, 0.6) is 0 Å². The third-order valence-electron chi connectivity index (χ3n) is 3.72. The number of hydrogen-bond donors (Lipinski definition) is 0. The molecule has 8 heteroatoms. The van der Waals surface area contributed by atoms with Crippen LogP contribution >= 0.6 is 0 Å². The lowest BCUT2D eigenvalue weighted by atomic mass is 10.1. The maximum atomic E-state index is 12.3. The first-order chi connectivity index (χ1) is 9.71. The van der Waals surface area contributed by atoms with Crippen LogP contribution in [0.15, 0.2) is 18.2 Å². The molecule has 0 saturated carbocycles. The van der Waals surface area contributed by atoms with Crippen molar-refractivity contribution < 1.29 is 18.1 Å². The van der Waals surface area contributed by atoms with Crippen molar-refractivity contribution in [3.8, 4) is 0 Å². The molecule has 1 heterocycles. The van der Waals surface area contributed by atoms with E-state index in [1.54, 1.807) is 14.0 Å². The van der Waals surface area contributed by atoms with Crippen molar-refractivity contribution in [1.82, 2.24) is 4.90 Å². The van der Waals surface area contributed by atoms with Crippen molar-refractivity contribution in [2.45, 2.75) is 19.4 Å². The van der Waals surface area contributed by atoms with Gasteiger partial charge in [0.25, 0.3) is 11.6 Å². The second-order valence-corrected chi connectivity index (χ2v) is 7.46. The van der Waals surface area contributed by atoms with Gasteiger partial charge in [0, 0.05) is 30.3 Å². The summed E-state index contributed by atoms with van der Waals surface area (Å²) >= 11 is 0. The largest absolute Gasteiger partial charge is 0.338 e. The van der Waals surface area contributed by atoms with Gasteiger partial charge in [0.1, 0.15) is 0 Å². The Morgan fingerprint density at radius 3 is 2.57 bits per heavy atom. The first-order valence-corrected chi connectivity index (χ1v) is 8.26. The number of amides is 1. The molecule has 0 N–H and O–H groups in total. The van der Waals surface area contributed by atoms with Crippen LogP contribution in [0.4, 0.5) is 5.69 Å². The molecule has 2 rings (SSSR count). The molecule has 1 amide bonds. The van der Waals surface area contributed by atoms with Gasteiger partial charge in [-0.2, -0.15) is 0 Å². The van der Waals surface area contributed by atoms with Gasteiger partial charge in [-0.05, 0) is 25.5 Å². The molecule has 1 aliphatic heterocycles. The monoisotopic (exact) mass is 312 g/mol. The fraction of sp³-hybridized carbons (Fsp3) is 0.462. The van der Waals surface area contributed by atoms with Crippen molar-refractivity contribution in [3.63, 3.8) is 0 Å². The van der Waals surface area contributed by atoms with Crippen LogP contribution in [0, 0.1) is 17.0 Å². The minimum Gasteiger partial charge on any atom is -0.338 e. The molecule has 1 saturated heterocycles. The van der Waals surface area contributed by atoms with Gasteiger partial charge in [0.05, 0.1) is 16.4 Å². The number of aryl methyl sites for hydroxylation is 1. The SMILES string of the molecule is Cc1cc(C(=O)N(C)C2CCS(=O)(=O)C2)ccc1[N+](=O)[O-]. The van der Waals surface area contributed by atoms with Crippen molar-refractivity contribution in [1.29, 1.82) is 0 Å². The van der Waals surface area contributed by atoms with Crippen LogP contribution in [0.2, 0.25) is 0 Å². The molecule has 0 aliphatic carbocycles. The predicted molar refractivity (Wildman–Crippen MR) is 77.0 cm³/mol. The highest BCUT2D eigenvalue weighted by Gasteiger charge is 2.33. The third-order valence-corrected chi connectivity index (χ3v) is 5.47. The van der Waals surface area contributed by atoms with E-state index < -0.39 is 14.8 Å². The molecular formula is C13H16N2O5S. The van der Waals surface area contributed by atoms with E-state index in [1.807, 2.05) is 0 Å². The molecule has 1 aromatic carbocycles. The molecule has 1 fully saturated rings. The number of nitrogens with zero attached hydrogens (tertiary/aromatic N) is 2. The molecule has 1 atom stereocenters. The Morgan fingerprint density at radius 2 is 2.10 bits per heavy atom. The number of nitro groups is 1. The fourth-order valence-electron chi connectivity index (χ4n) is 2.44. The average molecular weight is 312 g/mol. The molecule has 114 valence electrons. The van der Waals surface area contributed by atoms with Gasteiger partial charge in [-0.15, -0.1) is 0 Å². The van der Waals surface area contributed by atoms with Gasteiger partial charge in [-0.3, -0.25) is 14.9 Å². The van der Waals surface area contributed by atoms with Gasteiger partial charge in [0.2, 0.25) is 0 Å². The smallest absolute Gasteiger partial charge is 0.272 e. The highest BCUT2D eigenvalue weighted by Crippen LogP contribution is 2.22. The Hall–Kier alpha value is -1.96. The Labute approximate surface area is 122 Å². The van der Waals surface area contributed by atoms with Crippen molar-refractivity contribution in [2.75, 3.05) is 18.6 Å². The zero-order valence-electron chi connectivity index (χ0n) is 11.8. The van der Waals surface area contributed by atoms with Gasteiger partial charge < -0.3 is 4.90 Å². The third kappa shape index (κ3) is 3.21. The van der Waals surface area contributed by atoms with E-state index >= 15 is 0 Å². The van der Waals surface area contributed by atoms with Crippen molar-refractivity contribution in [3.05, 3.63) is 39.4 Å². The molecule has 21 heavy (non-hydrogen) atoms. The lowest BCUT2D eigenvalue weighted by Gasteiger charge is -2.23. The maximum Gasteiger partial charge on any atom is 0.272 e. The van der Waals surface area contributed by atoms with Crippen molar-refractivity contribution >= 4 is 21.4 Å². The van der Waals surface area contributed by atoms with Crippen LogP contribution in [-0.4, -0.2) is 48.7 Å². The molecule has 0 bridgehead atoms. The second kappa shape index (κ2) is 5.44. The zero-order valence-corrected chi connectivity index (χ0v) is 12.6. The Kier molecular flexibility index (Phi) is 3.99. The second-order valence-electron chi connectivity index (χ2n) is 5.23. The van der Waals surface area contributed by atoms with E-state index in [9.17, 15) is 23.3 Å². The van der Waals surface area contributed by atoms with Gasteiger partial charge in [0.15, 0.2) is 9.84 Å². The number of benzene rings is 1. The molecule has 0 spiro atoms. The van der Waals surface area contributed by atoms with Gasteiger partial charge >= 0.3 is 0 Å². The van der Waals surface area contributed by atoms with E-state index in [-0.39, 0.29) is 29.1 Å². The van der Waals surface area contributed by atoms with Gasteiger partial charge in [-0.25, -0.2) is 8.42 Å². The van der Waals surface area contributed by atoms with Crippen molar-refractivity contribution in [2.24, 2.45) is 0 Å². The lowest BCUT2D eigenvalue weighted by Crippen LogP contribution is -2.37. The lowest BCUT2D eigenvalue weighted by molar-refractivity contribution is -0.385. The minimum atomic E-state index is -3.07. The van der Waals surface area contributed by atoms with Crippen LogP contribution in [-0.2, 0) is 9.84 Å². The summed E-state index contributed by atoms with van der Waals surface area (Å²) < 4.78 is 22.9. The maximum absolute atomic E-state index is 12.3. The standard InChI is InChI=1S/C13H16N2O5S/c1-9-7-10(3-4-12(9)15(17)18)13(16)14(2)11-5-6-21(19,20)8-11/h3-4,7,11H,5-6,8H2,1-2H3. The summed E-state index contributed by atoms with van der Waals surface area (Å²) in [6.45, 7) is 1.56. The summed E-state index contributed by atoms with van der Waals surface area (Å²) in [4.78, 5) is 24.0. The summed E-state index contributed by atoms with van der Waals surface area (Å²) in [6.07, 6.45) is 0.427. The highest BCUT2D eigenvalue weighted by atomic mass is 32.2. The first kappa shape index (κ1) is 15.4. The van der Waals surface area contributed by atoms with E-state index in [0.717, 1.165) is 0 Å². The van der Waals surface area contributed by atoms with E-state index in [2.05, 4.69) is 0 Å². The number of hydrogen-bond acceptors (Lipinski definition) is 5. The minimum absolute atomic E-state index is 0.0266. The molecule has 0 radical (unpaired) electrons.